The van der Waals surface area contributed by atoms with Crippen LogP contribution in [0, 0.1) is 0 Å². The lowest BCUT2D eigenvalue weighted by atomic mass is 9.98. The molecular formula is C57H102O14. The molecule has 7 N–H and O–H groups in total. The van der Waals surface area contributed by atoms with Crippen molar-refractivity contribution in [1.82, 2.24) is 0 Å². The Morgan fingerprint density at radius 1 is 0.465 bits per heavy atom. The van der Waals surface area contributed by atoms with Crippen molar-refractivity contribution in [1.29, 1.82) is 0 Å². The van der Waals surface area contributed by atoms with Gasteiger partial charge in [0.1, 0.15) is 54.9 Å². The molecule has 2 saturated heterocycles. The van der Waals surface area contributed by atoms with Gasteiger partial charge in [-0.2, -0.15) is 0 Å². The molecule has 71 heavy (non-hydrogen) atoms. The van der Waals surface area contributed by atoms with E-state index in [1.54, 1.807) is 0 Å². The monoisotopic (exact) mass is 1010 g/mol. The lowest BCUT2D eigenvalue weighted by Crippen LogP contribution is -2.61. The standard InChI is InChI=1S/C57H102O14/c1-3-5-7-9-11-13-15-17-19-20-21-22-23-24-25-27-29-31-33-35-37-39-41-66-43-46(69-49(59)40-38-36-34-32-30-28-26-18-16-14-12-10-8-6-4-2)44-67-56-55(65)53(63)51(61)48(71-56)45-68-57-54(64)52(62)50(60)47(42-58)70-57/h12,14-15,17-18,20-21,26,46-48,50-58,60-65H,3-11,13,16,19,22-25,27-45H2,1-2H3/b14-12-,17-15-,21-20-,26-18-. The molecule has 0 aromatic rings. The third kappa shape index (κ3) is 31.4. The summed E-state index contributed by atoms with van der Waals surface area (Å²) in [5.41, 5.74) is 0. The van der Waals surface area contributed by atoms with Crippen molar-refractivity contribution in [2.75, 3.05) is 33.0 Å². The molecule has 2 heterocycles. The van der Waals surface area contributed by atoms with Crippen molar-refractivity contribution >= 4 is 5.97 Å². The van der Waals surface area contributed by atoms with Crippen molar-refractivity contribution in [3.05, 3.63) is 48.6 Å². The number of hydrogen-bond acceptors (Lipinski definition) is 14. The lowest BCUT2D eigenvalue weighted by Gasteiger charge is -2.42. The maximum Gasteiger partial charge on any atom is 0.306 e. The largest absolute Gasteiger partial charge is 0.457 e. The fourth-order valence-electron chi connectivity index (χ4n) is 8.70. The highest BCUT2D eigenvalue weighted by molar-refractivity contribution is 5.69. The Morgan fingerprint density at radius 2 is 0.873 bits per heavy atom. The predicted octanol–water partition coefficient (Wildman–Crippen LogP) is 9.52. The highest BCUT2D eigenvalue weighted by atomic mass is 16.7. The molecule has 0 aliphatic carbocycles. The van der Waals surface area contributed by atoms with Crippen molar-refractivity contribution in [2.45, 2.75) is 274 Å². The topological polar surface area (TPSA) is 214 Å². The molecule has 0 bridgehead atoms. The second-order valence-electron chi connectivity index (χ2n) is 19.8. The minimum absolute atomic E-state index is 0.0532. The van der Waals surface area contributed by atoms with Crippen LogP contribution in [0.15, 0.2) is 48.6 Å². The summed E-state index contributed by atoms with van der Waals surface area (Å²) in [6, 6.07) is 0. The van der Waals surface area contributed by atoms with E-state index in [1.807, 2.05) is 0 Å². The zero-order valence-corrected chi connectivity index (χ0v) is 44.2. The minimum atomic E-state index is -1.71. The van der Waals surface area contributed by atoms with Crippen molar-refractivity contribution in [3.63, 3.8) is 0 Å². The molecular weight excluding hydrogens is 909 g/mol. The first-order chi connectivity index (χ1) is 34.6. The lowest BCUT2D eigenvalue weighted by molar-refractivity contribution is -0.332. The number of hydrogen-bond donors (Lipinski definition) is 7. The highest BCUT2D eigenvalue weighted by Crippen LogP contribution is 2.26. The Labute approximate surface area is 429 Å². The molecule has 14 heteroatoms. The Morgan fingerprint density at radius 3 is 1.38 bits per heavy atom. The number of aliphatic hydroxyl groups is 7. The summed E-state index contributed by atoms with van der Waals surface area (Å²) in [4.78, 5) is 13.0. The number of aliphatic hydroxyl groups excluding tert-OH is 7. The Kier molecular flexibility index (Phi) is 40.6. The Hall–Kier alpha value is -2.05. The predicted molar refractivity (Wildman–Crippen MR) is 279 cm³/mol. The molecule has 0 amide bonds. The zero-order valence-electron chi connectivity index (χ0n) is 44.2. The van der Waals surface area contributed by atoms with Crippen LogP contribution < -0.4 is 0 Å². The molecule has 11 unspecified atom stereocenters. The van der Waals surface area contributed by atoms with Crippen LogP contribution in [-0.4, -0.2) is 142 Å². The second kappa shape index (κ2) is 44.3. The van der Waals surface area contributed by atoms with Crippen LogP contribution in [0.5, 0.6) is 0 Å². The SMILES string of the molecule is CCCCC/C=C\C/C=C\CCCCCCCC(=O)OC(COCCCCCCCCCCCC/C=C\C/C=C\CCCCCCC)COC1OC(COC2OC(CO)C(O)C(O)C2O)C(O)C(O)C1O. The van der Waals surface area contributed by atoms with Gasteiger partial charge in [-0.05, 0) is 77.0 Å². The van der Waals surface area contributed by atoms with Gasteiger partial charge in [0.05, 0.1) is 26.4 Å². The van der Waals surface area contributed by atoms with E-state index in [2.05, 4.69) is 62.5 Å². The molecule has 2 aliphatic rings. The molecule has 11 atom stereocenters. The maximum absolute atomic E-state index is 13.0. The van der Waals surface area contributed by atoms with Gasteiger partial charge in [0, 0.05) is 13.0 Å². The molecule has 14 nitrogen and oxygen atoms in total. The Balaban J connectivity index is 1.72. The number of ether oxygens (including phenoxy) is 6. The van der Waals surface area contributed by atoms with Gasteiger partial charge in [0.2, 0.25) is 0 Å². The first-order valence-electron chi connectivity index (χ1n) is 28.2. The molecule has 0 spiro atoms. The van der Waals surface area contributed by atoms with E-state index in [0.29, 0.717) is 13.0 Å². The summed E-state index contributed by atoms with van der Waals surface area (Å²) in [5.74, 6) is -0.391. The summed E-state index contributed by atoms with van der Waals surface area (Å²) < 4.78 is 34.3. The van der Waals surface area contributed by atoms with Gasteiger partial charge < -0.3 is 64.2 Å². The summed E-state index contributed by atoms with van der Waals surface area (Å²) in [6.07, 6.45) is 36.0. The first-order valence-corrected chi connectivity index (χ1v) is 28.2. The average molecular weight is 1010 g/mol. The number of rotatable bonds is 45. The quantitative estimate of drug-likeness (QED) is 0.0172. The van der Waals surface area contributed by atoms with Crippen LogP contribution >= 0.6 is 0 Å². The van der Waals surface area contributed by atoms with E-state index in [9.17, 15) is 40.5 Å². The molecule has 0 radical (unpaired) electrons. The van der Waals surface area contributed by atoms with Crippen LogP contribution in [0.25, 0.3) is 0 Å². The molecule has 414 valence electrons. The van der Waals surface area contributed by atoms with Crippen LogP contribution in [-0.2, 0) is 33.2 Å². The van der Waals surface area contributed by atoms with E-state index in [4.69, 9.17) is 28.4 Å². The number of esters is 1. The van der Waals surface area contributed by atoms with Gasteiger partial charge in [-0.25, -0.2) is 0 Å². The van der Waals surface area contributed by atoms with Gasteiger partial charge in [-0.3, -0.25) is 4.79 Å². The van der Waals surface area contributed by atoms with Gasteiger partial charge in [-0.15, -0.1) is 0 Å². The number of carbonyl (C=O) groups is 1. The minimum Gasteiger partial charge on any atom is -0.457 e. The van der Waals surface area contributed by atoms with E-state index in [0.717, 1.165) is 70.6 Å². The van der Waals surface area contributed by atoms with E-state index in [-0.39, 0.29) is 19.6 Å². The molecule has 0 aromatic heterocycles. The number of unbranched alkanes of at least 4 members (excludes halogenated alkanes) is 23. The van der Waals surface area contributed by atoms with Gasteiger partial charge in [0.25, 0.3) is 0 Å². The fourth-order valence-corrected chi connectivity index (χ4v) is 8.70. The highest BCUT2D eigenvalue weighted by Gasteiger charge is 2.47. The van der Waals surface area contributed by atoms with Crippen molar-refractivity contribution in [3.8, 4) is 0 Å². The second-order valence-corrected chi connectivity index (χ2v) is 19.8. The fraction of sp³-hybridized carbons (Fsp3) is 0.842. The number of allylic oxidation sites excluding steroid dienone is 8. The summed E-state index contributed by atoms with van der Waals surface area (Å²) in [7, 11) is 0. The molecule has 0 aromatic carbocycles. The normalized spacial score (nSPS) is 25.6. The molecule has 2 rings (SSSR count). The van der Waals surface area contributed by atoms with E-state index in [1.165, 1.54) is 109 Å². The molecule has 2 aliphatic heterocycles. The summed E-state index contributed by atoms with van der Waals surface area (Å²) in [5, 5.41) is 72.3. The van der Waals surface area contributed by atoms with E-state index < -0.39 is 86.7 Å². The van der Waals surface area contributed by atoms with Crippen LogP contribution in [0.1, 0.15) is 206 Å². The summed E-state index contributed by atoms with van der Waals surface area (Å²) in [6.45, 7) is 3.64. The zero-order chi connectivity index (χ0) is 51.6. The van der Waals surface area contributed by atoms with Gasteiger partial charge >= 0.3 is 5.97 Å². The smallest absolute Gasteiger partial charge is 0.306 e. The van der Waals surface area contributed by atoms with Crippen LogP contribution in [0.2, 0.25) is 0 Å². The van der Waals surface area contributed by atoms with Gasteiger partial charge in [0.15, 0.2) is 12.6 Å². The third-order valence-electron chi connectivity index (χ3n) is 13.3. The van der Waals surface area contributed by atoms with Gasteiger partial charge in [-0.1, -0.05) is 172 Å². The molecule has 0 saturated carbocycles. The van der Waals surface area contributed by atoms with E-state index >= 15 is 0 Å². The Bertz CT molecular complexity index is 1360. The third-order valence-corrected chi connectivity index (χ3v) is 13.3. The van der Waals surface area contributed by atoms with Crippen LogP contribution in [0.3, 0.4) is 0 Å². The maximum atomic E-state index is 13.0. The van der Waals surface area contributed by atoms with Crippen molar-refractivity contribution < 1.29 is 69.0 Å². The summed E-state index contributed by atoms with van der Waals surface area (Å²) >= 11 is 0. The molecule has 2 fully saturated rings. The van der Waals surface area contributed by atoms with Crippen molar-refractivity contribution in [2.24, 2.45) is 0 Å². The van der Waals surface area contributed by atoms with Crippen LogP contribution in [0.4, 0.5) is 0 Å². The average Bonchev–Trinajstić information content (AvgIpc) is 3.37. The first kappa shape index (κ1) is 65.1. The number of carbonyl (C=O) groups excluding carboxylic acids is 1.